The first kappa shape index (κ1) is 22.4. The summed E-state index contributed by atoms with van der Waals surface area (Å²) < 4.78 is 1.53. The number of nitrogens with one attached hydrogen (secondary N) is 2. The summed E-state index contributed by atoms with van der Waals surface area (Å²) in [6.07, 6.45) is 3.98. The minimum absolute atomic E-state index is 0.182. The summed E-state index contributed by atoms with van der Waals surface area (Å²) >= 11 is 5.83. The Morgan fingerprint density at radius 2 is 1.77 bits per heavy atom. The van der Waals surface area contributed by atoms with E-state index in [1.54, 1.807) is 42.7 Å². The molecule has 0 aliphatic carbocycles. The molecule has 0 aliphatic rings. The summed E-state index contributed by atoms with van der Waals surface area (Å²) in [5, 5.41) is 10.8. The van der Waals surface area contributed by atoms with Crippen molar-refractivity contribution in [2.24, 2.45) is 0 Å². The van der Waals surface area contributed by atoms with E-state index < -0.39 is 0 Å². The van der Waals surface area contributed by atoms with E-state index in [0.29, 0.717) is 35.3 Å². The van der Waals surface area contributed by atoms with Crippen molar-refractivity contribution in [1.82, 2.24) is 25.1 Å². The molecule has 0 spiro atoms. The molecule has 0 bridgehead atoms. The largest absolute Gasteiger partial charge is 0.352 e. The standard InChI is InChI=1S/C22H25ClN6O2/c1-22(2,3)17-14-18(29(28-17)21-25-12-5-13-26-21)27-19(30)6-4-11-24-20(31)15-7-9-16(23)10-8-15/h5,7-10,12-14H,4,6,11H2,1-3H3,(H,24,31)(H,27,30). The van der Waals surface area contributed by atoms with Gasteiger partial charge in [-0.1, -0.05) is 32.4 Å². The van der Waals surface area contributed by atoms with Crippen molar-refractivity contribution >= 4 is 29.2 Å². The number of amides is 2. The fourth-order valence-corrected chi connectivity index (χ4v) is 2.88. The lowest BCUT2D eigenvalue weighted by atomic mass is 9.92. The number of carbonyl (C=O) groups excluding carboxylic acids is 2. The van der Waals surface area contributed by atoms with Crippen molar-refractivity contribution in [3.63, 3.8) is 0 Å². The number of nitrogens with zero attached hydrogens (tertiary/aromatic N) is 4. The zero-order valence-corrected chi connectivity index (χ0v) is 18.5. The van der Waals surface area contributed by atoms with E-state index in [9.17, 15) is 9.59 Å². The Kier molecular flexibility index (Phi) is 7.02. The Morgan fingerprint density at radius 3 is 2.42 bits per heavy atom. The molecule has 31 heavy (non-hydrogen) atoms. The van der Waals surface area contributed by atoms with Gasteiger partial charge in [-0.05, 0) is 36.8 Å². The molecule has 3 aromatic rings. The molecule has 0 saturated heterocycles. The quantitative estimate of drug-likeness (QED) is 0.544. The van der Waals surface area contributed by atoms with E-state index in [1.807, 2.05) is 26.8 Å². The number of halogens is 1. The maximum absolute atomic E-state index is 12.5. The second-order valence-corrected chi connectivity index (χ2v) is 8.48. The van der Waals surface area contributed by atoms with Gasteiger partial charge in [0.05, 0.1) is 5.69 Å². The average Bonchev–Trinajstić information content (AvgIpc) is 3.16. The molecule has 0 unspecified atom stereocenters. The highest BCUT2D eigenvalue weighted by atomic mass is 35.5. The monoisotopic (exact) mass is 440 g/mol. The van der Waals surface area contributed by atoms with Gasteiger partial charge in [0.15, 0.2) is 0 Å². The van der Waals surface area contributed by atoms with Gasteiger partial charge in [-0.15, -0.1) is 0 Å². The molecule has 0 aliphatic heterocycles. The van der Waals surface area contributed by atoms with E-state index in [2.05, 4.69) is 25.7 Å². The number of hydrogen-bond acceptors (Lipinski definition) is 5. The molecule has 0 saturated carbocycles. The molecule has 3 rings (SSSR count). The van der Waals surface area contributed by atoms with E-state index in [1.165, 1.54) is 4.68 Å². The van der Waals surface area contributed by atoms with Gasteiger partial charge in [0, 0.05) is 47.4 Å². The lowest BCUT2D eigenvalue weighted by molar-refractivity contribution is -0.116. The lowest BCUT2D eigenvalue weighted by Gasteiger charge is -2.13. The minimum atomic E-state index is -0.203. The number of hydrogen-bond donors (Lipinski definition) is 2. The van der Waals surface area contributed by atoms with Gasteiger partial charge in [-0.2, -0.15) is 9.78 Å². The van der Waals surface area contributed by atoms with Crippen molar-refractivity contribution in [2.45, 2.75) is 39.0 Å². The van der Waals surface area contributed by atoms with E-state index in [0.717, 1.165) is 5.69 Å². The number of anilines is 1. The van der Waals surface area contributed by atoms with Crippen LogP contribution < -0.4 is 10.6 Å². The normalized spacial score (nSPS) is 11.2. The van der Waals surface area contributed by atoms with Crippen LogP contribution in [0.2, 0.25) is 5.02 Å². The zero-order valence-electron chi connectivity index (χ0n) is 17.7. The van der Waals surface area contributed by atoms with Gasteiger partial charge >= 0.3 is 0 Å². The van der Waals surface area contributed by atoms with Crippen molar-refractivity contribution in [1.29, 1.82) is 0 Å². The highest BCUT2D eigenvalue weighted by Crippen LogP contribution is 2.25. The maximum atomic E-state index is 12.5. The summed E-state index contributed by atoms with van der Waals surface area (Å²) in [6, 6.07) is 10.2. The molecule has 1 aromatic carbocycles. The SMILES string of the molecule is CC(C)(C)c1cc(NC(=O)CCCNC(=O)c2ccc(Cl)cc2)n(-c2ncccn2)n1. The first-order valence-electron chi connectivity index (χ1n) is 9.95. The Balaban J connectivity index is 1.58. The third-order valence-electron chi connectivity index (χ3n) is 4.46. The third-order valence-corrected chi connectivity index (χ3v) is 4.71. The highest BCUT2D eigenvalue weighted by Gasteiger charge is 2.22. The smallest absolute Gasteiger partial charge is 0.252 e. The Hall–Kier alpha value is -3.26. The summed E-state index contributed by atoms with van der Waals surface area (Å²) in [6.45, 7) is 6.50. The van der Waals surface area contributed by atoms with Gasteiger partial charge in [-0.25, -0.2) is 9.97 Å². The third kappa shape index (κ3) is 6.11. The number of aromatic nitrogens is 4. The van der Waals surface area contributed by atoms with Gasteiger partial charge < -0.3 is 10.6 Å². The van der Waals surface area contributed by atoms with Crippen molar-refractivity contribution in [2.75, 3.05) is 11.9 Å². The van der Waals surface area contributed by atoms with Crippen LogP contribution in [0.1, 0.15) is 49.7 Å². The van der Waals surface area contributed by atoms with Crippen molar-refractivity contribution in [3.05, 3.63) is 65.1 Å². The Labute approximate surface area is 186 Å². The van der Waals surface area contributed by atoms with Gasteiger partial charge in [0.25, 0.3) is 11.9 Å². The second-order valence-electron chi connectivity index (χ2n) is 8.04. The maximum Gasteiger partial charge on any atom is 0.252 e. The minimum Gasteiger partial charge on any atom is -0.352 e. The van der Waals surface area contributed by atoms with Crippen LogP contribution in [0.25, 0.3) is 5.95 Å². The van der Waals surface area contributed by atoms with Crippen LogP contribution in [-0.2, 0) is 10.2 Å². The van der Waals surface area contributed by atoms with Crippen LogP contribution in [0.4, 0.5) is 5.82 Å². The molecule has 0 radical (unpaired) electrons. The molecule has 162 valence electrons. The predicted molar refractivity (Wildman–Crippen MR) is 120 cm³/mol. The Morgan fingerprint density at radius 1 is 1.10 bits per heavy atom. The number of carbonyl (C=O) groups is 2. The van der Waals surface area contributed by atoms with Crippen molar-refractivity contribution in [3.8, 4) is 5.95 Å². The molecular weight excluding hydrogens is 416 g/mol. The highest BCUT2D eigenvalue weighted by molar-refractivity contribution is 6.30. The van der Waals surface area contributed by atoms with Gasteiger partial charge in [-0.3, -0.25) is 9.59 Å². The predicted octanol–water partition coefficient (Wildman–Crippen LogP) is 3.76. The number of rotatable bonds is 7. The fourth-order valence-electron chi connectivity index (χ4n) is 2.75. The van der Waals surface area contributed by atoms with Crippen LogP contribution in [0, 0.1) is 0 Å². The summed E-state index contributed by atoms with van der Waals surface area (Å²) in [4.78, 5) is 33.0. The van der Waals surface area contributed by atoms with Crippen LogP contribution in [-0.4, -0.2) is 38.1 Å². The summed E-state index contributed by atoms with van der Waals surface area (Å²) in [5.41, 5.74) is 1.13. The van der Waals surface area contributed by atoms with E-state index >= 15 is 0 Å². The summed E-state index contributed by atoms with van der Waals surface area (Å²) in [7, 11) is 0. The topological polar surface area (TPSA) is 102 Å². The molecule has 0 atom stereocenters. The molecule has 2 heterocycles. The van der Waals surface area contributed by atoms with E-state index in [-0.39, 0.29) is 23.7 Å². The molecule has 2 aromatic heterocycles. The first-order valence-corrected chi connectivity index (χ1v) is 10.3. The fraction of sp³-hybridized carbons (Fsp3) is 0.318. The summed E-state index contributed by atoms with van der Waals surface area (Å²) in [5.74, 6) is 0.499. The molecule has 8 nitrogen and oxygen atoms in total. The molecule has 9 heteroatoms. The molecule has 2 amide bonds. The van der Waals surface area contributed by atoms with Crippen LogP contribution >= 0.6 is 11.6 Å². The van der Waals surface area contributed by atoms with Crippen LogP contribution in [0.5, 0.6) is 0 Å². The van der Waals surface area contributed by atoms with Crippen molar-refractivity contribution < 1.29 is 9.59 Å². The Bertz CT molecular complexity index is 1040. The molecule has 2 N–H and O–H groups in total. The van der Waals surface area contributed by atoms with Gasteiger partial charge in [0.1, 0.15) is 5.82 Å². The first-order chi connectivity index (χ1) is 14.7. The van der Waals surface area contributed by atoms with E-state index in [4.69, 9.17) is 11.6 Å². The molecular formula is C22H25ClN6O2. The van der Waals surface area contributed by atoms with Crippen LogP contribution in [0.15, 0.2) is 48.8 Å². The number of benzene rings is 1. The molecule has 0 fully saturated rings. The van der Waals surface area contributed by atoms with Gasteiger partial charge in [0.2, 0.25) is 5.91 Å². The average molecular weight is 441 g/mol. The van der Waals surface area contributed by atoms with Crippen LogP contribution in [0.3, 0.4) is 0 Å². The second kappa shape index (κ2) is 9.70. The zero-order chi connectivity index (χ0) is 22.4. The lowest BCUT2D eigenvalue weighted by Crippen LogP contribution is -2.25.